The van der Waals surface area contributed by atoms with Gasteiger partial charge < -0.3 is 34.0 Å². The molecule has 17 nitrogen and oxygen atoms in total. The Balaban J connectivity index is 1.49. The van der Waals surface area contributed by atoms with Gasteiger partial charge in [-0.3, -0.25) is 19.3 Å². The summed E-state index contributed by atoms with van der Waals surface area (Å²) in [6, 6.07) is 15.9. The molecule has 276 valence electrons. The molecule has 0 bridgehead atoms. The second-order valence-corrected chi connectivity index (χ2v) is 16.2. The number of rotatable bonds is 18. The van der Waals surface area contributed by atoms with Gasteiger partial charge in [-0.1, -0.05) is 54.1 Å². The van der Waals surface area contributed by atoms with E-state index in [4.69, 9.17) is 18.7 Å². The minimum absolute atomic E-state index is 0.0677. The number of urea groups is 1. The zero-order valence-corrected chi connectivity index (χ0v) is 30.5. The summed E-state index contributed by atoms with van der Waals surface area (Å²) >= 11 is 0. The van der Waals surface area contributed by atoms with Gasteiger partial charge in [0, 0.05) is 23.8 Å². The van der Waals surface area contributed by atoms with E-state index in [1.807, 2.05) is 31.2 Å². The number of phosphoric acid groups is 3. The van der Waals surface area contributed by atoms with Crippen LogP contribution in [0.5, 0.6) is 0 Å². The van der Waals surface area contributed by atoms with Crippen LogP contribution in [-0.4, -0.2) is 74.4 Å². The molecule has 0 saturated heterocycles. The van der Waals surface area contributed by atoms with E-state index in [9.17, 15) is 38.3 Å². The molecule has 2 heterocycles. The van der Waals surface area contributed by atoms with Crippen molar-refractivity contribution in [2.24, 2.45) is 0 Å². The summed E-state index contributed by atoms with van der Waals surface area (Å²) in [7, 11) is -16.4. The Morgan fingerprint density at radius 3 is 2.26 bits per heavy atom. The molecule has 2 aliphatic rings. The van der Waals surface area contributed by atoms with E-state index < -0.39 is 73.2 Å². The van der Waals surface area contributed by atoms with E-state index in [2.05, 4.69) is 18.5 Å². The van der Waals surface area contributed by atoms with Crippen LogP contribution < -0.4 is 5.32 Å². The number of aryl methyl sites for hydroxylation is 1. The minimum Gasteiger partial charge on any atom is -0.466 e. The molecule has 5 N–H and O–H groups in total. The molecule has 2 aliphatic heterocycles. The van der Waals surface area contributed by atoms with Crippen LogP contribution in [0, 0.1) is 6.92 Å². The molecule has 5 unspecified atom stereocenters. The fraction of sp³-hybridized carbons (Fsp3) is 0.433. The molecule has 20 heteroatoms. The van der Waals surface area contributed by atoms with Gasteiger partial charge in [0.15, 0.2) is 6.29 Å². The molecule has 2 aromatic rings. The predicted octanol–water partition coefficient (Wildman–Crippen LogP) is 5.07. The van der Waals surface area contributed by atoms with Crippen LogP contribution in [0.25, 0.3) is 5.76 Å². The van der Waals surface area contributed by atoms with E-state index in [-0.39, 0.29) is 6.42 Å². The van der Waals surface area contributed by atoms with Crippen LogP contribution in [0.3, 0.4) is 0 Å². The number of phosphoric ester groups is 2. The van der Waals surface area contributed by atoms with Crippen molar-refractivity contribution >= 4 is 35.3 Å². The molecule has 0 fully saturated rings. The second kappa shape index (κ2) is 16.7. The van der Waals surface area contributed by atoms with E-state index in [1.54, 1.807) is 36.4 Å². The summed E-state index contributed by atoms with van der Waals surface area (Å²) in [5.74, 6) is 0.540. The van der Waals surface area contributed by atoms with E-state index in [0.717, 1.165) is 16.7 Å². The smallest absolute Gasteiger partial charge is 0.466 e. The first-order valence-electron chi connectivity index (χ1n) is 15.3. The molecule has 0 spiro atoms. The van der Waals surface area contributed by atoms with Crippen molar-refractivity contribution in [3.05, 3.63) is 89.1 Å². The lowest BCUT2D eigenvalue weighted by molar-refractivity contribution is -0.190. The number of carbonyl (C=O) groups excluding carboxylic acids is 1. The summed E-state index contributed by atoms with van der Waals surface area (Å²) < 4.78 is 72.3. The first-order valence-corrected chi connectivity index (χ1v) is 19.8. The number of hydrogen-bond donors (Lipinski definition) is 5. The molecule has 0 aromatic heterocycles. The normalized spacial score (nSPS) is 22.1. The highest BCUT2D eigenvalue weighted by Crippen LogP contribution is 2.68. The highest BCUT2D eigenvalue weighted by Gasteiger charge is 2.43. The average molecular weight is 763 g/mol. The number of nitrogens with one attached hydrogen (secondary N) is 1. The maximum absolute atomic E-state index is 13.1. The van der Waals surface area contributed by atoms with Crippen LogP contribution in [0.2, 0.25) is 0 Å². The van der Waals surface area contributed by atoms with Crippen molar-refractivity contribution in [1.82, 2.24) is 10.2 Å². The topological polar surface area (TPSA) is 229 Å². The third-order valence-corrected chi connectivity index (χ3v) is 11.5. The van der Waals surface area contributed by atoms with Crippen molar-refractivity contribution in [3.8, 4) is 0 Å². The first-order chi connectivity index (χ1) is 23.3. The third kappa shape index (κ3) is 11.9. The zero-order valence-electron chi connectivity index (χ0n) is 27.8. The fourth-order valence-corrected chi connectivity index (χ4v) is 8.54. The largest absolute Gasteiger partial charge is 0.490 e. The van der Waals surface area contributed by atoms with Crippen molar-refractivity contribution in [2.45, 2.75) is 78.1 Å². The Kier molecular flexibility index (Phi) is 13.4. The molecule has 2 amide bonds. The van der Waals surface area contributed by atoms with Crippen LogP contribution in [-0.2, 0) is 52.0 Å². The maximum atomic E-state index is 13.1. The zero-order chi connectivity index (χ0) is 36.9. The monoisotopic (exact) mass is 762 g/mol. The second-order valence-electron chi connectivity index (χ2n) is 11.6. The van der Waals surface area contributed by atoms with E-state index in [0.29, 0.717) is 11.3 Å². The average Bonchev–Trinajstić information content (AvgIpc) is 3.40. The van der Waals surface area contributed by atoms with Crippen molar-refractivity contribution in [3.63, 3.8) is 0 Å². The quantitative estimate of drug-likeness (QED) is 0.0986. The Labute approximate surface area is 289 Å². The number of aliphatic hydroxyl groups is 1. The lowest BCUT2D eigenvalue weighted by Gasteiger charge is -2.35. The van der Waals surface area contributed by atoms with Gasteiger partial charge in [0.05, 0.1) is 18.8 Å². The third-order valence-electron chi connectivity index (χ3n) is 7.00. The summed E-state index contributed by atoms with van der Waals surface area (Å²) in [5.41, 5.74) is 3.17. The molecule has 8 atom stereocenters. The van der Waals surface area contributed by atoms with Gasteiger partial charge in [0.25, 0.3) is 0 Å². The highest BCUT2D eigenvalue weighted by atomic mass is 31.3. The molecule has 2 aromatic carbocycles. The lowest BCUT2D eigenvalue weighted by Crippen LogP contribution is -2.52. The Bertz CT molecular complexity index is 1710. The molecule has 0 radical (unpaired) electrons. The molecular weight excluding hydrogens is 721 g/mol. The maximum Gasteiger partial charge on any atom is 0.490 e. The number of benzene rings is 2. The number of fused-ring (bicyclic) bond motifs is 1. The Hall–Kier alpha value is -2.72. The molecule has 0 saturated carbocycles. The summed E-state index contributed by atoms with van der Waals surface area (Å²) in [4.78, 5) is 44.1. The Morgan fingerprint density at radius 1 is 0.920 bits per heavy atom. The minimum atomic E-state index is -5.71. The first kappa shape index (κ1) is 40.1. The predicted molar refractivity (Wildman–Crippen MR) is 177 cm³/mol. The standard InChI is InChI=1S/C30H41N2O15P3/c1-19(2)45-49(37,38)47-50(39,40)46-48(35,36)41-18-27(21(4)42-28(33)15-23-11-7-6-8-12-23)43-22(5)32-17-25-16-26(44-29(25)31-30(32)34)24-13-9-10-20(3)14-24/h6-14,16-17,19,21-22,27-29,33H,15,18H2,1-5H3,(H,31,34)(H,35,36)(H,37,38)(H,39,40)/t21-,22-,27-,28?,29?/m1/s1. The highest BCUT2D eigenvalue weighted by molar-refractivity contribution is 7.66. The van der Waals surface area contributed by atoms with Crippen LogP contribution >= 0.6 is 23.5 Å². The van der Waals surface area contributed by atoms with Gasteiger partial charge in [0.2, 0.25) is 6.23 Å². The summed E-state index contributed by atoms with van der Waals surface area (Å²) in [5, 5.41) is 13.4. The molecule has 50 heavy (non-hydrogen) atoms. The summed E-state index contributed by atoms with van der Waals surface area (Å²) in [6.45, 7) is 6.69. The molecule has 0 aliphatic carbocycles. The van der Waals surface area contributed by atoms with Gasteiger partial charge in [-0.05, 0) is 52.3 Å². The number of hydrogen-bond acceptors (Lipinski definition) is 12. The van der Waals surface area contributed by atoms with Gasteiger partial charge in [-0.25, -0.2) is 18.5 Å². The number of ether oxygens (including phenoxy) is 3. The van der Waals surface area contributed by atoms with Crippen LogP contribution in [0.1, 0.15) is 44.4 Å². The molecular formula is C30H41N2O15P3. The number of nitrogens with zero attached hydrogens (tertiary/aromatic N) is 1. The van der Waals surface area contributed by atoms with Gasteiger partial charge >= 0.3 is 29.5 Å². The van der Waals surface area contributed by atoms with Crippen molar-refractivity contribution < 1.29 is 70.2 Å². The molecule has 4 rings (SSSR count). The number of carbonyl (C=O) groups is 1. The van der Waals surface area contributed by atoms with Crippen LogP contribution in [0.15, 0.2) is 72.4 Å². The van der Waals surface area contributed by atoms with Gasteiger partial charge in [-0.15, -0.1) is 0 Å². The Morgan fingerprint density at radius 2 is 1.60 bits per heavy atom. The summed E-state index contributed by atoms with van der Waals surface area (Å²) in [6.07, 6.45) is -3.24. The fourth-order valence-electron chi connectivity index (χ4n) is 4.86. The SMILES string of the molecule is Cc1cccc(C2=CC3=CN([C@@H](C)O[C@H](COP(=O)(O)OP(=O)(O)OP(=O)(O)OC(C)C)[C@@H](C)OC(O)Cc4ccccc4)C(=O)NC3O2)c1. The van der Waals surface area contributed by atoms with E-state index in [1.165, 1.54) is 38.8 Å². The van der Waals surface area contributed by atoms with Gasteiger partial charge in [0.1, 0.15) is 18.1 Å². The van der Waals surface area contributed by atoms with Gasteiger partial charge in [-0.2, -0.15) is 8.62 Å². The van der Waals surface area contributed by atoms with Crippen molar-refractivity contribution in [2.75, 3.05) is 6.61 Å². The lowest BCUT2D eigenvalue weighted by atomic mass is 10.1. The van der Waals surface area contributed by atoms with Crippen molar-refractivity contribution in [1.29, 1.82) is 0 Å². The van der Waals surface area contributed by atoms with Crippen LogP contribution in [0.4, 0.5) is 4.79 Å². The number of aliphatic hydroxyl groups excluding tert-OH is 1. The number of amides is 2. The van der Waals surface area contributed by atoms with E-state index >= 15 is 0 Å².